The minimum Gasteiger partial charge on any atom is -0.462 e. The summed E-state index contributed by atoms with van der Waals surface area (Å²) in [6, 6.07) is 0. The predicted molar refractivity (Wildman–Crippen MR) is 79.2 cm³/mol. The van der Waals surface area contributed by atoms with E-state index in [0.717, 1.165) is 19.3 Å². The number of hydrogen-bond acceptors (Lipinski definition) is 3. The quantitative estimate of drug-likeness (QED) is 0.738. The van der Waals surface area contributed by atoms with Crippen molar-refractivity contribution in [3.8, 4) is 0 Å². The van der Waals surface area contributed by atoms with E-state index in [1.165, 1.54) is 5.57 Å². The van der Waals surface area contributed by atoms with Crippen LogP contribution < -0.4 is 0 Å². The first-order valence-electron chi connectivity index (χ1n) is 7.60. The van der Waals surface area contributed by atoms with Gasteiger partial charge in [0.2, 0.25) is 0 Å². The summed E-state index contributed by atoms with van der Waals surface area (Å²) in [7, 11) is 1.67. The highest BCUT2D eigenvalue weighted by Gasteiger charge is 2.31. The molecular formula is C17H26O3. The van der Waals surface area contributed by atoms with Crippen molar-refractivity contribution in [3.05, 3.63) is 24.3 Å². The zero-order valence-corrected chi connectivity index (χ0v) is 12.8. The molecule has 112 valence electrons. The Kier molecular flexibility index (Phi) is 5.03. The highest BCUT2D eigenvalue weighted by Crippen LogP contribution is 2.37. The second-order valence-electron chi connectivity index (χ2n) is 6.23. The first-order valence-corrected chi connectivity index (χ1v) is 7.60. The van der Waals surface area contributed by atoms with Gasteiger partial charge < -0.3 is 9.47 Å². The lowest BCUT2D eigenvalue weighted by Crippen LogP contribution is -2.34. The molecule has 1 aliphatic heterocycles. The Morgan fingerprint density at radius 3 is 2.85 bits per heavy atom. The third-order valence-corrected chi connectivity index (χ3v) is 4.89. The normalized spacial score (nSPS) is 37.9. The van der Waals surface area contributed by atoms with Crippen LogP contribution in [-0.2, 0) is 14.3 Å². The topological polar surface area (TPSA) is 35.5 Å². The van der Waals surface area contributed by atoms with Crippen molar-refractivity contribution in [1.29, 1.82) is 0 Å². The van der Waals surface area contributed by atoms with Gasteiger partial charge in [0.15, 0.2) is 0 Å². The number of cyclic esters (lactones) is 1. The van der Waals surface area contributed by atoms with Gasteiger partial charge in [-0.2, -0.15) is 0 Å². The fourth-order valence-electron chi connectivity index (χ4n) is 3.39. The van der Waals surface area contributed by atoms with Crippen LogP contribution in [0.5, 0.6) is 0 Å². The summed E-state index contributed by atoms with van der Waals surface area (Å²) in [5.74, 6) is 1.54. The molecule has 0 aromatic carbocycles. The Labute approximate surface area is 122 Å². The standard InChI is InChI=1S/C17H26O3/c1-11-5-6-12(2)16(13(11)3)8-7-14-9-15(19-4)10-17(18)20-14/h5-6,12-16H,1,7-10H2,2-4H3. The van der Waals surface area contributed by atoms with Crippen molar-refractivity contribution >= 4 is 5.97 Å². The second-order valence-corrected chi connectivity index (χ2v) is 6.23. The minimum absolute atomic E-state index is 0.0137. The van der Waals surface area contributed by atoms with Gasteiger partial charge in [-0.05, 0) is 30.6 Å². The molecule has 1 fully saturated rings. The number of carbonyl (C=O) groups is 1. The lowest BCUT2D eigenvalue weighted by molar-refractivity contribution is -0.162. The number of hydrogen-bond donors (Lipinski definition) is 0. The van der Waals surface area contributed by atoms with Crippen LogP contribution in [0.4, 0.5) is 0 Å². The zero-order chi connectivity index (χ0) is 14.7. The van der Waals surface area contributed by atoms with Crippen molar-refractivity contribution in [2.24, 2.45) is 17.8 Å². The van der Waals surface area contributed by atoms with Crippen molar-refractivity contribution in [3.63, 3.8) is 0 Å². The van der Waals surface area contributed by atoms with E-state index in [2.05, 4.69) is 32.6 Å². The summed E-state index contributed by atoms with van der Waals surface area (Å²) >= 11 is 0. The molecule has 1 heterocycles. The molecule has 0 N–H and O–H groups in total. The summed E-state index contributed by atoms with van der Waals surface area (Å²) in [6.45, 7) is 8.63. The Morgan fingerprint density at radius 1 is 1.40 bits per heavy atom. The summed E-state index contributed by atoms with van der Waals surface area (Å²) in [6.07, 6.45) is 7.64. The molecule has 3 heteroatoms. The van der Waals surface area contributed by atoms with Crippen molar-refractivity contribution in [2.75, 3.05) is 7.11 Å². The maximum atomic E-state index is 11.5. The van der Waals surface area contributed by atoms with Crippen LogP contribution in [0.25, 0.3) is 0 Å². The number of carbonyl (C=O) groups excluding carboxylic acids is 1. The molecule has 0 aromatic heterocycles. The average Bonchev–Trinajstić information content (AvgIpc) is 2.42. The van der Waals surface area contributed by atoms with Gasteiger partial charge in [-0.15, -0.1) is 0 Å². The smallest absolute Gasteiger partial charge is 0.308 e. The molecule has 0 bridgehead atoms. The molecule has 1 aliphatic carbocycles. The van der Waals surface area contributed by atoms with Gasteiger partial charge in [0.1, 0.15) is 6.10 Å². The number of rotatable bonds is 4. The van der Waals surface area contributed by atoms with Gasteiger partial charge in [-0.25, -0.2) is 0 Å². The van der Waals surface area contributed by atoms with Gasteiger partial charge in [0.05, 0.1) is 12.5 Å². The van der Waals surface area contributed by atoms with Crippen LogP contribution in [0.1, 0.15) is 39.5 Å². The van der Waals surface area contributed by atoms with Crippen LogP contribution >= 0.6 is 0 Å². The average molecular weight is 278 g/mol. The summed E-state index contributed by atoms with van der Waals surface area (Å²) in [5, 5.41) is 0. The van der Waals surface area contributed by atoms with Crippen LogP contribution in [0.3, 0.4) is 0 Å². The van der Waals surface area contributed by atoms with E-state index in [4.69, 9.17) is 9.47 Å². The Morgan fingerprint density at radius 2 is 2.15 bits per heavy atom. The number of ether oxygens (including phenoxy) is 2. The predicted octanol–water partition coefficient (Wildman–Crippen LogP) is 3.50. The molecule has 2 rings (SSSR count). The lowest BCUT2D eigenvalue weighted by Gasteiger charge is -2.34. The molecule has 20 heavy (non-hydrogen) atoms. The van der Waals surface area contributed by atoms with Gasteiger partial charge in [-0.3, -0.25) is 4.79 Å². The summed E-state index contributed by atoms with van der Waals surface area (Å²) in [4.78, 5) is 11.5. The SMILES string of the molecule is C=C1C=CC(C)C(CCC2CC(OC)CC(=O)O2)C1C. The summed E-state index contributed by atoms with van der Waals surface area (Å²) < 4.78 is 10.8. The van der Waals surface area contributed by atoms with Gasteiger partial charge in [0.25, 0.3) is 0 Å². The molecule has 5 unspecified atom stereocenters. The number of methoxy groups -OCH3 is 1. The minimum atomic E-state index is -0.123. The Bertz CT molecular complexity index is 399. The second kappa shape index (κ2) is 6.57. The van der Waals surface area contributed by atoms with Gasteiger partial charge in [-0.1, -0.05) is 38.2 Å². The molecule has 0 amide bonds. The molecule has 0 radical (unpaired) electrons. The molecule has 5 atom stereocenters. The van der Waals surface area contributed by atoms with E-state index < -0.39 is 0 Å². The van der Waals surface area contributed by atoms with Crippen LogP contribution in [0.2, 0.25) is 0 Å². The van der Waals surface area contributed by atoms with Crippen molar-refractivity contribution in [1.82, 2.24) is 0 Å². The highest BCUT2D eigenvalue weighted by atomic mass is 16.6. The Balaban J connectivity index is 1.89. The molecule has 1 saturated heterocycles. The largest absolute Gasteiger partial charge is 0.462 e. The monoisotopic (exact) mass is 278 g/mol. The molecule has 0 aromatic rings. The molecule has 0 saturated carbocycles. The molecule has 3 nitrogen and oxygen atoms in total. The van der Waals surface area contributed by atoms with E-state index >= 15 is 0 Å². The first kappa shape index (κ1) is 15.3. The van der Waals surface area contributed by atoms with Crippen molar-refractivity contribution in [2.45, 2.75) is 51.7 Å². The Hall–Kier alpha value is -1.09. The highest BCUT2D eigenvalue weighted by molar-refractivity contribution is 5.71. The fraction of sp³-hybridized carbons (Fsp3) is 0.706. The first-order chi connectivity index (χ1) is 9.51. The van der Waals surface area contributed by atoms with Crippen LogP contribution in [-0.4, -0.2) is 25.3 Å². The summed E-state index contributed by atoms with van der Waals surface area (Å²) in [5.41, 5.74) is 1.21. The van der Waals surface area contributed by atoms with E-state index in [1.807, 2.05) is 0 Å². The molecule has 2 aliphatic rings. The maximum Gasteiger partial charge on any atom is 0.308 e. The number of esters is 1. The molecule has 0 spiro atoms. The van der Waals surface area contributed by atoms with Gasteiger partial charge >= 0.3 is 5.97 Å². The van der Waals surface area contributed by atoms with Crippen LogP contribution in [0, 0.1) is 17.8 Å². The van der Waals surface area contributed by atoms with Crippen LogP contribution in [0.15, 0.2) is 24.3 Å². The third-order valence-electron chi connectivity index (χ3n) is 4.89. The lowest BCUT2D eigenvalue weighted by atomic mass is 9.73. The maximum absolute atomic E-state index is 11.5. The van der Waals surface area contributed by atoms with E-state index in [9.17, 15) is 4.79 Å². The van der Waals surface area contributed by atoms with Gasteiger partial charge in [0, 0.05) is 13.5 Å². The molecular weight excluding hydrogens is 252 g/mol. The van der Waals surface area contributed by atoms with Crippen molar-refractivity contribution < 1.29 is 14.3 Å². The fourth-order valence-corrected chi connectivity index (χ4v) is 3.39. The zero-order valence-electron chi connectivity index (χ0n) is 12.8. The number of allylic oxidation sites excluding steroid dienone is 3. The van der Waals surface area contributed by atoms with E-state index in [0.29, 0.717) is 24.2 Å². The van der Waals surface area contributed by atoms with E-state index in [1.54, 1.807) is 7.11 Å². The van der Waals surface area contributed by atoms with E-state index in [-0.39, 0.29) is 18.2 Å². The third kappa shape index (κ3) is 3.51.